The number of rotatable bonds is 5. The molecule has 0 spiro atoms. The second kappa shape index (κ2) is 8.02. The maximum atomic E-state index is 10.9. The molecule has 4 N–H and O–H groups in total. The Morgan fingerprint density at radius 3 is 2.78 bits per heavy atom. The van der Waals surface area contributed by atoms with Crippen LogP contribution in [0.5, 0.6) is 11.5 Å². The molecule has 0 radical (unpaired) electrons. The van der Waals surface area contributed by atoms with Crippen molar-refractivity contribution in [2.75, 3.05) is 17.7 Å². The predicted molar refractivity (Wildman–Crippen MR) is 111 cm³/mol. The summed E-state index contributed by atoms with van der Waals surface area (Å²) in [5, 5.41) is 27.3. The molecule has 0 bridgehead atoms. The van der Waals surface area contributed by atoms with Gasteiger partial charge in [-0.3, -0.25) is 0 Å². The zero-order chi connectivity index (χ0) is 19.4. The predicted octanol–water partition coefficient (Wildman–Crippen LogP) is 4.28. The second-order valence-corrected chi connectivity index (χ2v) is 6.65. The lowest BCUT2D eigenvalue weighted by Crippen LogP contribution is -2.19. The lowest BCUT2D eigenvalue weighted by atomic mass is 10.2. The molecule has 1 aromatic heterocycles. The van der Waals surface area contributed by atoms with Gasteiger partial charge in [0.15, 0.2) is 10.2 Å². The molecule has 7 nitrogen and oxygen atoms in total. The molecule has 1 heterocycles. The van der Waals surface area contributed by atoms with Gasteiger partial charge in [-0.05, 0) is 36.5 Å². The van der Waals surface area contributed by atoms with E-state index in [-0.39, 0.29) is 17.9 Å². The van der Waals surface area contributed by atoms with E-state index < -0.39 is 5.97 Å². The molecular formula is C18H17N3O4S2. The summed E-state index contributed by atoms with van der Waals surface area (Å²) in [6, 6.07) is 11.7. The molecule has 0 atom stereocenters. The van der Waals surface area contributed by atoms with Crippen LogP contribution in [0.25, 0.3) is 11.3 Å². The molecule has 0 aliphatic carbocycles. The zero-order valence-corrected chi connectivity index (χ0v) is 15.7. The van der Waals surface area contributed by atoms with Crippen molar-refractivity contribution in [2.24, 2.45) is 0 Å². The molecule has 27 heavy (non-hydrogen) atoms. The van der Waals surface area contributed by atoms with Crippen LogP contribution in [0.2, 0.25) is 0 Å². The number of hydrogen-bond donors (Lipinski definition) is 4. The maximum absolute atomic E-state index is 10.9. The van der Waals surface area contributed by atoms with Gasteiger partial charge < -0.3 is 25.6 Å². The first-order chi connectivity index (χ1) is 13.0. The summed E-state index contributed by atoms with van der Waals surface area (Å²) in [7, 11) is 1.61. The molecule has 0 amide bonds. The lowest BCUT2D eigenvalue weighted by Gasteiger charge is -2.09. The molecular weight excluding hydrogens is 386 g/mol. The summed E-state index contributed by atoms with van der Waals surface area (Å²) < 4.78 is 5.22. The van der Waals surface area contributed by atoms with Crippen molar-refractivity contribution in [3.05, 3.63) is 53.4 Å². The number of carboxylic acid groups (broad SMARTS) is 1. The van der Waals surface area contributed by atoms with Crippen LogP contribution in [-0.4, -0.2) is 33.4 Å². The molecule has 0 aliphatic rings. The van der Waals surface area contributed by atoms with Gasteiger partial charge >= 0.3 is 5.97 Å². The highest BCUT2D eigenvalue weighted by atomic mass is 32.1. The van der Waals surface area contributed by atoms with Crippen LogP contribution in [0.1, 0.15) is 11.8 Å². The number of nitrogens with one attached hydrogen (secondary N) is 2. The van der Waals surface area contributed by atoms with Gasteiger partial charge in [0.05, 0.1) is 12.8 Å². The number of thiazole rings is 1. The van der Waals surface area contributed by atoms with Crippen molar-refractivity contribution in [3.63, 3.8) is 0 Å². The maximum Gasteiger partial charge on any atom is 0.339 e. The number of phenols is 1. The summed E-state index contributed by atoms with van der Waals surface area (Å²) >= 11 is 6.63. The monoisotopic (exact) mass is 403 g/mol. The first kappa shape index (κ1) is 18.6. The largest absolute Gasteiger partial charge is 0.507 e. The fraction of sp³-hybridized carbons (Fsp3) is 0.0556. The van der Waals surface area contributed by atoms with E-state index in [1.54, 1.807) is 7.11 Å². The number of hydrogen-bond acceptors (Lipinski definition) is 6. The van der Waals surface area contributed by atoms with Crippen molar-refractivity contribution in [3.8, 4) is 22.8 Å². The highest BCUT2D eigenvalue weighted by molar-refractivity contribution is 7.80. The molecule has 2 aromatic carbocycles. The highest BCUT2D eigenvalue weighted by Gasteiger charge is 2.11. The van der Waals surface area contributed by atoms with Crippen LogP contribution in [-0.2, 0) is 0 Å². The summed E-state index contributed by atoms with van der Waals surface area (Å²) in [5.74, 6) is -0.797. The number of aromatic nitrogens is 1. The van der Waals surface area contributed by atoms with E-state index in [1.165, 1.54) is 29.5 Å². The third kappa shape index (κ3) is 4.52. The minimum Gasteiger partial charge on any atom is -0.507 e. The number of carboxylic acids is 1. The number of ether oxygens (including phenoxy) is 1. The molecule has 140 valence electrons. The minimum atomic E-state index is -1.20. The molecule has 3 aromatic rings. The number of anilines is 2. The van der Waals surface area contributed by atoms with Crippen LogP contribution in [0.3, 0.4) is 0 Å². The van der Waals surface area contributed by atoms with E-state index in [4.69, 9.17) is 22.1 Å². The Labute approximate surface area is 165 Å². The number of aromatic carboxylic acids is 1. The molecule has 0 unspecified atom stereocenters. The summed E-state index contributed by atoms with van der Waals surface area (Å²) in [6.45, 7) is 0. The van der Waals surface area contributed by atoms with E-state index in [0.717, 1.165) is 17.0 Å². The normalized spacial score (nSPS) is 10.3. The number of thiocarbonyl (C=S) groups is 1. The summed E-state index contributed by atoms with van der Waals surface area (Å²) in [6.07, 6.45) is 0. The quantitative estimate of drug-likeness (QED) is 0.468. The van der Waals surface area contributed by atoms with Crippen LogP contribution in [0.4, 0.5) is 10.8 Å². The van der Waals surface area contributed by atoms with Crippen LogP contribution < -0.4 is 15.4 Å². The summed E-state index contributed by atoms with van der Waals surface area (Å²) in [5.41, 5.74) is 1.99. The topological polar surface area (TPSA) is 104 Å². The average molecular weight is 403 g/mol. The van der Waals surface area contributed by atoms with Gasteiger partial charge in [0, 0.05) is 24.1 Å². The van der Waals surface area contributed by atoms with Crippen molar-refractivity contribution in [1.29, 1.82) is 0 Å². The Morgan fingerprint density at radius 2 is 2.07 bits per heavy atom. The van der Waals surface area contributed by atoms with E-state index in [9.17, 15) is 9.90 Å². The van der Waals surface area contributed by atoms with Gasteiger partial charge in [0.2, 0.25) is 0 Å². The molecule has 3 rings (SSSR count). The lowest BCUT2D eigenvalue weighted by molar-refractivity contribution is 0.0694. The van der Waals surface area contributed by atoms with E-state index in [2.05, 4.69) is 15.6 Å². The highest BCUT2D eigenvalue weighted by Crippen LogP contribution is 2.28. The first-order valence-electron chi connectivity index (χ1n) is 7.70. The van der Waals surface area contributed by atoms with Crippen LogP contribution >= 0.6 is 23.6 Å². The Balaban J connectivity index is 0.00000280. The van der Waals surface area contributed by atoms with E-state index in [0.29, 0.717) is 10.8 Å². The van der Waals surface area contributed by atoms with Gasteiger partial charge in [0.25, 0.3) is 0 Å². The number of benzene rings is 2. The smallest absolute Gasteiger partial charge is 0.339 e. The van der Waals surface area contributed by atoms with E-state index >= 15 is 0 Å². The SMILES string of the molecule is COc1cccc(-c2csc(NC(=S)Nc3ccc(C(=O)O)c(O)c3)n2)c1.[HH]. The van der Waals surface area contributed by atoms with Gasteiger partial charge in [-0.2, -0.15) is 0 Å². The second-order valence-electron chi connectivity index (χ2n) is 5.39. The number of nitrogens with zero attached hydrogens (tertiary/aromatic N) is 1. The third-order valence-corrected chi connectivity index (χ3v) is 4.54. The van der Waals surface area contributed by atoms with Crippen molar-refractivity contribution < 1.29 is 21.2 Å². The van der Waals surface area contributed by atoms with Crippen LogP contribution in [0.15, 0.2) is 47.8 Å². The van der Waals surface area contributed by atoms with Gasteiger partial charge in [0.1, 0.15) is 17.1 Å². The molecule has 0 aliphatic heterocycles. The van der Waals surface area contributed by atoms with Gasteiger partial charge in [-0.25, -0.2) is 9.78 Å². The van der Waals surface area contributed by atoms with Gasteiger partial charge in [-0.15, -0.1) is 11.3 Å². The number of aromatic hydroxyl groups is 1. The van der Waals surface area contributed by atoms with E-state index in [1.807, 2.05) is 29.6 Å². The Bertz CT molecular complexity index is 1010. The average Bonchev–Trinajstić information content (AvgIpc) is 3.09. The molecule has 0 saturated carbocycles. The molecule has 0 fully saturated rings. The number of carbonyl (C=O) groups is 1. The van der Waals surface area contributed by atoms with Crippen molar-refractivity contribution in [2.45, 2.75) is 0 Å². The fourth-order valence-corrected chi connectivity index (χ4v) is 3.30. The summed E-state index contributed by atoms with van der Waals surface area (Å²) in [4.78, 5) is 15.4. The van der Waals surface area contributed by atoms with Crippen molar-refractivity contribution >= 4 is 45.5 Å². The zero-order valence-electron chi connectivity index (χ0n) is 14.1. The molecule has 9 heteroatoms. The first-order valence-corrected chi connectivity index (χ1v) is 8.99. The van der Waals surface area contributed by atoms with Crippen LogP contribution in [0, 0.1) is 0 Å². The minimum absolute atomic E-state index is 0. The Morgan fingerprint density at radius 1 is 1.26 bits per heavy atom. The molecule has 0 saturated heterocycles. The number of methoxy groups -OCH3 is 1. The standard InChI is InChI=1S/C18H15N3O4S2.H2/c1-25-12-4-2-3-10(7-12)14-9-27-18(20-14)21-17(26)19-11-5-6-13(16(23)24)15(22)8-11;/h2-9,22H,1H3,(H,23,24)(H2,19,20,21,26);1H. The fourth-order valence-electron chi connectivity index (χ4n) is 2.30. The Hall–Kier alpha value is -3.17. The third-order valence-electron chi connectivity index (χ3n) is 3.58. The Kier molecular flexibility index (Phi) is 5.53. The van der Waals surface area contributed by atoms with Gasteiger partial charge in [-0.1, -0.05) is 12.1 Å². The van der Waals surface area contributed by atoms with Crippen molar-refractivity contribution in [1.82, 2.24) is 4.98 Å².